The summed E-state index contributed by atoms with van der Waals surface area (Å²) in [5, 5.41) is 7.52. The second-order valence-corrected chi connectivity index (χ2v) is 5.70. The van der Waals surface area contributed by atoms with Crippen LogP contribution in [0.15, 0.2) is 41.8 Å². The van der Waals surface area contributed by atoms with Gasteiger partial charge in [0.25, 0.3) is 11.8 Å². The van der Waals surface area contributed by atoms with Crippen molar-refractivity contribution in [2.24, 2.45) is 5.73 Å². The van der Waals surface area contributed by atoms with Gasteiger partial charge in [-0.1, -0.05) is 18.2 Å². The van der Waals surface area contributed by atoms with Crippen LogP contribution < -0.4 is 16.4 Å². The van der Waals surface area contributed by atoms with E-state index in [-0.39, 0.29) is 11.8 Å². The Morgan fingerprint density at radius 2 is 1.82 bits per heavy atom. The zero-order chi connectivity index (χ0) is 15.8. The van der Waals surface area contributed by atoms with E-state index in [1.807, 2.05) is 23.6 Å². The van der Waals surface area contributed by atoms with Crippen molar-refractivity contribution in [1.29, 1.82) is 0 Å². The van der Waals surface area contributed by atoms with Crippen LogP contribution in [0.5, 0.6) is 0 Å². The molecule has 116 valence electrons. The van der Waals surface area contributed by atoms with Crippen LogP contribution in [0.3, 0.4) is 0 Å². The smallest absolute Gasteiger partial charge is 0.261 e. The number of rotatable bonds is 7. The molecule has 0 saturated carbocycles. The maximum atomic E-state index is 11.8. The average Bonchev–Trinajstić information content (AvgIpc) is 3.08. The summed E-state index contributed by atoms with van der Waals surface area (Å²) in [5.41, 5.74) is 6.93. The number of thiophene rings is 1. The molecule has 0 bridgehead atoms. The summed E-state index contributed by atoms with van der Waals surface area (Å²) in [7, 11) is 0. The number of hydrogen-bond acceptors (Lipinski definition) is 4. The van der Waals surface area contributed by atoms with E-state index in [4.69, 9.17) is 5.73 Å². The first-order valence-electron chi connectivity index (χ1n) is 7.09. The monoisotopic (exact) mass is 317 g/mol. The molecular formula is C16H19N3O2S. The SMILES string of the molecule is NCCCNC(=O)c1ccc(CNC(=O)c2cccs2)cc1. The first-order valence-corrected chi connectivity index (χ1v) is 7.97. The molecule has 0 fully saturated rings. The van der Waals surface area contributed by atoms with E-state index < -0.39 is 0 Å². The van der Waals surface area contributed by atoms with Crippen molar-refractivity contribution in [3.63, 3.8) is 0 Å². The molecule has 0 atom stereocenters. The van der Waals surface area contributed by atoms with Crippen molar-refractivity contribution >= 4 is 23.2 Å². The van der Waals surface area contributed by atoms with Crippen molar-refractivity contribution in [1.82, 2.24) is 10.6 Å². The maximum Gasteiger partial charge on any atom is 0.261 e. The molecule has 1 aromatic heterocycles. The molecule has 0 saturated heterocycles. The van der Waals surface area contributed by atoms with E-state index in [1.54, 1.807) is 18.2 Å². The van der Waals surface area contributed by atoms with E-state index in [0.29, 0.717) is 30.1 Å². The summed E-state index contributed by atoms with van der Waals surface area (Å²) in [5.74, 6) is -0.193. The molecule has 22 heavy (non-hydrogen) atoms. The Morgan fingerprint density at radius 3 is 2.45 bits per heavy atom. The van der Waals surface area contributed by atoms with Gasteiger partial charge < -0.3 is 16.4 Å². The molecule has 0 unspecified atom stereocenters. The highest BCUT2D eigenvalue weighted by Crippen LogP contribution is 2.09. The van der Waals surface area contributed by atoms with Gasteiger partial charge in [-0.2, -0.15) is 0 Å². The number of amides is 2. The van der Waals surface area contributed by atoms with Gasteiger partial charge in [-0.05, 0) is 42.1 Å². The zero-order valence-corrected chi connectivity index (χ0v) is 13.0. The predicted octanol–water partition coefficient (Wildman–Crippen LogP) is 1.76. The normalized spacial score (nSPS) is 10.2. The highest BCUT2D eigenvalue weighted by atomic mass is 32.1. The number of hydrogen-bond donors (Lipinski definition) is 3. The van der Waals surface area contributed by atoms with Gasteiger partial charge in [-0.25, -0.2) is 0 Å². The summed E-state index contributed by atoms with van der Waals surface area (Å²) in [6.07, 6.45) is 0.762. The quantitative estimate of drug-likeness (QED) is 0.680. The first-order chi connectivity index (χ1) is 10.7. The summed E-state index contributed by atoms with van der Waals surface area (Å²) in [4.78, 5) is 24.3. The molecule has 4 N–H and O–H groups in total. The van der Waals surface area contributed by atoms with Gasteiger partial charge in [0.2, 0.25) is 0 Å². The van der Waals surface area contributed by atoms with Gasteiger partial charge in [0.15, 0.2) is 0 Å². The lowest BCUT2D eigenvalue weighted by Gasteiger charge is -2.07. The average molecular weight is 317 g/mol. The third kappa shape index (κ3) is 4.68. The molecule has 0 radical (unpaired) electrons. The number of benzene rings is 1. The fraction of sp³-hybridized carbons (Fsp3) is 0.250. The van der Waals surface area contributed by atoms with Crippen molar-refractivity contribution in [3.05, 3.63) is 57.8 Å². The zero-order valence-electron chi connectivity index (χ0n) is 12.2. The van der Waals surface area contributed by atoms with Crippen LogP contribution in [-0.4, -0.2) is 24.9 Å². The fourth-order valence-electron chi connectivity index (χ4n) is 1.86. The van der Waals surface area contributed by atoms with Gasteiger partial charge >= 0.3 is 0 Å². The van der Waals surface area contributed by atoms with E-state index in [1.165, 1.54) is 11.3 Å². The standard InChI is InChI=1S/C16H19N3O2S/c17-8-2-9-18-15(20)13-6-4-12(5-7-13)11-19-16(21)14-3-1-10-22-14/h1,3-7,10H,2,8-9,11,17H2,(H,18,20)(H,19,21). The largest absolute Gasteiger partial charge is 0.352 e. The van der Waals surface area contributed by atoms with Crippen molar-refractivity contribution in [2.45, 2.75) is 13.0 Å². The Bertz CT molecular complexity index is 609. The van der Waals surface area contributed by atoms with Crippen LogP contribution in [0.4, 0.5) is 0 Å². The molecule has 2 amide bonds. The lowest BCUT2D eigenvalue weighted by atomic mass is 10.1. The minimum absolute atomic E-state index is 0.0846. The lowest BCUT2D eigenvalue weighted by Crippen LogP contribution is -2.26. The minimum atomic E-state index is -0.109. The molecule has 0 aliphatic rings. The summed E-state index contributed by atoms with van der Waals surface area (Å²) < 4.78 is 0. The second-order valence-electron chi connectivity index (χ2n) is 4.76. The maximum absolute atomic E-state index is 11.8. The van der Waals surface area contributed by atoms with Gasteiger partial charge in [0.1, 0.15) is 0 Å². The van der Waals surface area contributed by atoms with E-state index in [0.717, 1.165) is 12.0 Å². The highest BCUT2D eigenvalue weighted by Gasteiger charge is 2.07. The molecule has 2 aromatic rings. The van der Waals surface area contributed by atoms with Crippen molar-refractivity contribution in [2.75, 3.05) is 13.1 Å². The highest BCUT2D eigenvalue weighted by molar-refractivity contribution is 7.12. The third-order valence-corrected chi connectivity index (χ3v) is 3.95. The number of carbonyl (C=O) groups is 2. The molecule has 1 heterocycles. The minimum Gasteiger partial charge on any atom is -0.352 e. The second kappa shape index (κ2) is 8.31. The Hall–Kier alpha value is -2.18. The molecule has 0 aliphatic heterocycles. The van der Waals surface area contributed by atoms with Crippen LogP contribution in [-0.2, 0) is 6.54 Å². The lowest BCUT2D eigenvalue weighted by molar-refractivity contribution is 0.0945. The molecule has 2 rings (SSSR count). The molecule has 6 heteroatoms. The molecule has 0 aliphatic carbocycles. The fourth-order valence-corrected chi connectivity index (χ4v) is 2.50. The van der Waals surface area contributed by atoms with E-state index in [2.05, 4.69) is 10.6 Å². The molecule has 5 nitrogen and oxygen atoms in total. The number of carbonyl (C=O) groups excluding carboxylic acids is 2. The topological polar surface area (TPSA) is 84.2 Å². The summed E-state index contributed by atoms with van der Waals surface area (Å²) in [6, 6.07) is 10.8. The van der Waals surface area contributed by atoms with E-state index >= 15 is 0 Å². The van der Waals surface area contributed by atoms with Gasteiger partial charge in [0, 0.05) is 18.7 Å². The number of nitrogens with one attached hydrogen (secondary N) is 2. The van der Waals surface area contributed by atoms with Crippen LogP contribution in [0, 0.1) is 0 Å². The predicted molar refractivity (Wildman–Crippen MR) is 87.9 cm³/mol. The summed E-state index contributed by atoms with van der Waals surface area (Å²) >= 11 is 1.41. The Kier molecular flexibility index (Phi) is 6.12. The Labute approximate surface area is 133 Å². The van der Waals surface area contributed by atoms with Gasteiger partial charge in [-0.3, -0.25) is 9.59 Å². The van der Waals surface area contributed by atoms with Crippen LogP contribution in [0.25, 0.3) is 0 Å². The summed E-state index contributed by atoms with van der Waals surface area (Å²) in [6.45, 7) is 1.57. The Morgan fingerprint density at radius 1 is 1.05 bits per heavy atom. The third-order valence-electron chi connectivity index (χ3n) is 3.08. The van der Waals surface area contributed by atoms with Gasteiger partial charge in [-0.15, -0.1) is 11.3 Å². The van der Waals surface area contributed by atoms with Crippen LogP contribution >= 0.6 is 11.3 Å². The number of nitrogens with two attached hydrogens (primary N) is 1. The van der Waals surface area contributed by atoms with Gasteiger partial charge in [0.05, 0.1) is 4.88 Å². The van der Waals surface area contributed by atoms with Crippen LogP contribution in [0.2, 0.25) is 0 Å². The van der Waals surface area contributed by atoms with Crippen molar-refractivity contribution < 1.29 is 9.59 Å². The Balaban J connectivity index is 1.84. The molecular weight excluding hydrogens is 298 g/mol. The molecule has 0 spiro atoms. The van der Waals surface area contributed by atoms with Crippen molar-refractivity contribution in [3.8, 4) is 0 Å². The first kappa shape index (κ1) is 16.2. The van der Waals surface area contributed by atoms with Crippen LogP contribution in [0.1, 0.15) is 32.0 Å². The van der Waals surface area contributed by atoms with E-state index in [9.17, 15) is 9.59 Å². The molecule has 1 aromatic carbocycles.